The van der Waals surface area contributed by atoms with Gasteiger partial charge in [-0.3, -0.25) is 0 Å². The van der Waals surface area contributed by atoms with Crippen LogP contribution in [0.3, 0.4) is 0 Å². The summed E-state index contributed by atoms with van der Waals surface area (Å²) in [5.41, 5.74) is 0.654. The van der Waals surface area contributed by atoms with E-state index in [1.165, 1.54) is 44.9 Å². The first kappa shape index (κ1) is 11.0. The average molecular weight is 183 g/mol. The Labute approximate surface area is 83.3 Å². The summed E-state index contributed by atoms with van der Waals surface area (Å²) in [7, 11) is 2.12. The Kier molecular flexibility index (Phi) is 4.24. The van der Waals surface area contributed by atoms with Crippen LogP contribution in [0.1, 0.15) is 58.8 Å². The zero-order valence-corrected chi connectivity index (χ0v) is 9.53. The number of hydrogen-bond donors (Lipinski definition) is 1. The van der Waals surface area contributed by atoms with E-state index in [1.54, 1.807) is 0 Å². The maximum atomic E-state index is 3.48. The SMILES string of the molecule is CCCCCCC(NC)C1(C)CC1. The lowest BCUT2D eigenvalue weighted by Gasteiger charge is -2.22. The summed E-state index contributed by atoms with van der Waals surface area (Å²) in [6.07, 6.45) is 9.85. The van der Waals surface area contributed by atoms with E-state index in [1.807, 2.05) is 0 Å². The van der Waals surface area contributed by atoms with Gasteiger partial charge in [-0.15, -0.1) is 0 Å². The Bertz CT molecular complexity index is 138. The fourth-order valence-corrected chi connectivity index (χ4v) is 2.16. The van der Waals surface area contributed by atoms with Crippen molar-refractivity contribution in [1.82, 2.24) is 5.32 Å². The second kappa shape index (κ2) is 4.99. The molecule has 0 aromatic heterocycles. The van der Waals surface area contributed by atoms with Crippen molar-refractivity contribution in [3.05, 3.63) is 0 Å². The molecule has 1 N–H and O–H groups in total. The van der Waals surface area contributed by atoms with Crippen molar-refractivity contribution in [2.45, 2.75) is 64.8 Å². The third-order valence-electron chi connectivity index (χ3n) is 3.57. The predicted molar refractivity (Wildman–Crippen MR) is 58.9 cm³/mol. The van der Waals surface area contributed by atoms with Crippen LogP contribution >= 0.6 is 0 Å². The topological polar surface area (TPSA) is 12.0 Å². The monoisotopic (exact) mass is 183 g/mol. The van der Waals surface area contributed by atoms with Crippen LogP contribution in [-0.2, 0) is 0 Å². The van der Waals surface area contributed by atoms with Crippen LogP contribution in [0.25, 0.3) is 0 Å². The van der Waals surface area contributed by atoms with E-state index in [2.05, 4.69) is 26.2 Å². The van der Waals surface area contributed by atoms with Crippen LogP contribution in [0.2, 0.25) is 0 Å². The van der Waals surface area contributed by atoms with Crippen molar-refractivity contribution in [1.29, 1.82) is 0 Å². The van der Waals surface area contributed by atoms with E-state index in [0.717, 1.165) is 6.04 Å². The van der Waals surface area contributed by atoms with Gasteiger partial charge in [-0.05, 0) is 31.7 Å². The summed E-state index contributed by atoms with van der Waals surface area (Å²) >= 11 is 0. The Morgan fingerprint density at radius 2 is 1.92 bits per heavy atom. The molecule has 13 heavy (non-hydrogen) atoms. The molecule has 1 nitrogen and oxygen atoms in total. The molecule has 1 rings (SSSR count). The minimum absolute atomic E-state index is 0.654. The Morgan fingerprint density at radius 1 is 1.23 bits per heavy atom. The van der Waals surface area contributed by atoms with E-state index >= 15 is 0 Å². The van der Waals surface area contributed by atoms with Crippen LogP contribution < -0.4 is 5.32 Å². The highest BCUT2D eigenvalue weighted by Crippen LogP contribution is 2.49. The Hall–Kier alpha value is -0.0400. The van der Waals surface area contributed by atoms with Crippen molar-refractivity contribution < 1.29 is 0 Å². The minimum Gasteiger partial charge on any atom is -0.316 e. The largest absolute Gasteiger partial charge is 0.316 e. The maximum Gasteiger partial charge on any atom is 0.0118 e. The molecule has 1 heteroatoms. The van der Waals surface area contributed by atoms with Crippen LogP contribution in [0.15, 0.2) is 0 Å². The highest BCUT2D eigenvalue weighted by Gasteiger charge is 2.43. The van der Waals surface area contributed by atoms with Crippen LogP contribution in [0, 0.1) is 5.41 Å². The van der Waals surface area contributed by atoms with E-state index in [4.69, 9.17) is 0 Å². The smallest absolute Gasteiger partial charge is 0.0118 e. The number of hydrogen-bond acceptors (Lipinski definition) is 1. The predicted octanol–water partition coefficient (Wildman–Crippen LogP) is 3.34. The third-order valence-corrected chi connectivity index (χ3v) is 3.57. The number of unbranched alkanes of at least 4 members (excludes halogenated alkanes) is 3. The second-order valence-corrected chi connectivity index (χ2v) is 4.84. The van der Waals surface area contributed by atoms with E-state index in [9.17, 15) is 0 Å². The summed E-state index contributed by atoms with van der Waals surface area (Å²) < 4.78 is 0. The van der Waals surface area contributed by atoms with Crippen LogP contribution in [-0.4, -0.2) is 13.1 Å². The number of rotatable bonds is 7. The normalized spacial score (nSPS) is 21.5. The lowest BCUT2D eigenvalue weighted by molar-refractivity contribution is 0.346. The summed E-state index contributed by atoms with van der Waals surface area (Å²) in [5, 5.41) is 3.48. The maximum absolute atomic E-state index is 3.48. The molecule has 1 fully saturated rings. The molecule has 0 aromatic rings. The lowest BCUT2D eigenvalue weighted by Crippen LogP contribution is -2.33. The molecule has 0 radical (unpaired) electrons. The molecule has 0 aromatic carbocycles. The third kappa shape index (κ3) is 3.30. The minimum atomic E-state index is 0.654. The van der Waals surface area contributed by atoms with Gasteiger partial charge in [0.1, 0.15) is 0 Å². The molecule has 78 valence electrons. The molecule has 1 saturated carbocycles. The quantitative estimate of drug-likeness (QED) is 0.597. The van der Waals surface area contributed by atoms with Crippen molar-refractivity contribution in [3.63, 3.8) is 0 Å². The van der Waals surface area contributed by atoms with Gasteiger partial charge >= 0.3 is 0 Å². The first-order valence-corrected chi connectivity index (χ1v) is 5.90. The standard InChI is InChI=1S/C12H25N/c1-4-5-6-7-8-11(13-3)12(2)9-10-12/h11,13H,4-10H2,1-3H3. The van der Waals surface area contributed by atoms with Gasteiger partial charge in [0.05, 0.1) is 0 Å². The molecule has 1 unspecified atom stereocenters. The zero-order chi connectivity index (χ0) is 9.73. The Balaban J connectivity index is 2.10. The fourth-order valence-electron chi connectivity index (χ4n) is 2.16. The first-order chi connectivity index (χ1) is 6.23. The molecule has 0 spiro atoms. The van der Waals surface area contributed by atoms with E-state index < -0.39 is 0 Å². The molecule has 0 bridgehead atoms. The average Bonchev–Trinajstić information content (AvgIpc) is 2.85. The second-order valence-electron chi connectivity index (χ2n) is 4.84. The molecule has 0 aliphatic heterocycles. The van der Waals surface area contributed by atoms with Crippen molar-refractivity contribution in [2.75, 3.05) is 7.05 Å². The van der Waals surface area contributed by atoms with Gasteiger partial charge in [-0.2, -0.15) is 0 Å². The van der Waals surface area contributed by atoms with E-state index in [-0.39, 0.29) is 0 Å². The summed E-state index contributed by atoms with van der Waals surface area (Å²) in [6.45, 7) is 4.70. The summed E-state index contributed by atoms with van der Waals surface area (Å²) in [6, 6.07) is 0.782. The van der Waals surface area contributed by atoms with Gasteiger partial charge in [0.2, 0.25) is 0 Å². The van der Waals surface area contributed by atoms with Crippen LogP contribution in [0.4, 0.5) is 0 Å². The molecule has 0 saturated heterocycles. The van der Waals surface area contributed by atoms with Gasteiger partial charge in [-0.25, -0.2) is 0 Å². The van der Waals surface area contributed by atoms with E-state index in [0.29, 0.717) is 5.41 Å². The Morgan fingerprint density at radius 3 is 2.38 bits per heavy atom. The molecular weight excluding hydrogens is 158 g/mol. The summed E-state index contributed by atoms with van der Waals surface area (Å²) in [5.74, 6) is 0. The van der Waals surface area contributed by atoms with Gasteiger partial charge in [-0.1, -0.05) is 39.5 Å². The zero-order valence-electron chi connectivity index (χ0n) is 9.53. The molecule has 1 atom stereocenters. The fraction of sp³-hybridized carbons (Fsp3) is 1.00. The van der Waals surface area contributed by atoms with Crippen molar-refractivity contribution in [2.24, 2.45) is 5.41 Å². The highest BCUT2D eigenvalue weighted by atomic mass is 14.9. The van der Waals surface area contributed by atoms with Crippen molar-refractivity contribution in [3.8, 4) is 0 Å². The lowest BCUT2D eigenvalue weighted by atomic mass is 9.93. The van der Waals surface area contributed by atoms with Crippen molar-refractivity contribution >= 4 is 0 Å². The van der Waals surface area contributed by atoms with Gasteiger partial charge in [0.15, 0.2) is 0 Å². The van der Waals surface area contributed by atoms with Gasteiger partial charge < -0.3 is 5.32 Å². The highest BCUT2D eigenvalue weighted by molar-refractivity contribution is 4.97. The van der Waals surface area contributed by atoms with Gasteiger partial charge in [0.25, 0.3) is 0 Å². The molecule has 1 aliphatic rings. The first-order valence-electron chi connectivity index (χ1n) is 5.90. The number of nitrogens with one attached hydrogen (secondary N) is 1. The summed E-state index contributed by atoms with van der Waals surface area (Å²) in [4.78, 5) is 0. The van der Waals surface area contributed by atoms with Crippen LogP contribution in [0.5, 0.6) is 0 Å². The van der Waals surface area contributed by atoms with Gasteiger partial charge in [0, 0.05) is 6.04 Å². The molecule has 1 aliphatic carbocycles. The molecule has 0 amide bonds. The molecule has 0 heterocycles. The molecular formula is C12H25N.